The number of carbonyl (C=O) groups excluding carboxylic acids is 1. The second-order valence-electron chi connectivity index (χ2n) is 2.64. The van der Waals surface area contributed by atoms with Crippen LogP contribution in [-0.2, 0) is 0 Å². The van der Waals surface area contributed by atoms with Crippen LogP contribution in [0.4, 0.5) is 0 Å². The summed E-state index contributed by atoms with van der Waals surface area (Å²) in [6.45, 7) is 1.90. The number of aryl methyl sites for hydroxylation is 1. The summed E-state index contributed by atoms with van der Waals surface area (Å²) in [5.74, 6) is 0. The van der Waals surface area contributed by atoms with E-state index in [0.717, 1.165) is 17.5 Å². The number of pyridine rings is 1. The summed E-state index contributed by atoms with van der Waals surface area (Å²) in [7, 11) is 0. The Hall–Kier alpha value is -1.71. The van der Waals surface area contributed by atoms with E-state index in [0.29, 0.717) is 5.56 Å². The largest absolute Gasteiger partial charge is 0.298 e. The van der Waals surface area contributed by atoms with E-state index in [9.17, 15) is 4.79 Å². The standard InChI is InChI=1S/C8H7N3O/c1-6-2-7(4-12)3-11-5-9-10-8(6)11/h2-5H,1H3. The van der Waals surface area contributed by atoms with Crippen LogP contribution < -0.4 is 0 Å². The first-order valence-electron chi connectivity index (χ1n) is 3.56. The Morgan fingerprint density at radius 1 is 1.58 bits per heavy atom. The van der Waals surface area contributed by atoms with Crippen molar-refractivity contribution in [2.45, 2.75) is 6.92 Å². The van der Waals surface area contributed by atoms with Gasteiger partial charge in [0, 0.05) is 11.8 Å². The van der Waals surface area contributed by atoms with Gasteiger partial charge in [-0.05, 0) is 18.6 Å². The van der Waals surface area contributed by atoms with Crippen molar-refractivity contribution in [3.05, 3.63) is 29.7 Å². The zero-order valence-corrected chi connectivity index (χ0v) is 6.56. The van der Waals surface area contributed by atoms with Gasteiger partial charge in [-0.1, -0.05) is 0 Å². The lowest BCUT2D eigenvalue weighted by Gasteiger charge is -1.96. The lowest BCUT2D eigenvalue weighted by molar-refractivity contribution is 0.112. The minimum absolute atomic E-state index is 0.639. The molecule has 0 aliphatic rings. The van der Waals surface area contributed by atoms with Crippen LogP contribution in [0.2, 0.25) is 0 Å². The van der Waals surface area contributed by atoms with Crippen LogP contribution in [0.5, 0.6) is 0 Å². The minimum Gasteiger partial charge on any atom is -0.298 e. The Kier molecular flexibility index (Phi) is 1.40. The Labute approximate surface area is 68.8 Å². The molecule has 0 saturated carbocycles. The summed E-state index contributed by atoms with van der Waals surface area (Å²) in [6.07, 6.45) is 4.09. The van der Waals surface area contributed by atoms with Crippen molar-refractivity contribution in [1.29, 1.82) is 0 Å². The summed E-state index contributed by atoms with van der Waals surface area (Å²) in [5.41, 5.74) is 2.39. The van der Waals surface area contributed by atoms with Crippen LogP contribution in [0.3, 0.4) is 0 Å². The van der Waals surface area contributed by atoms with Crippen molar-refractivity contribution < 1.29 is 4.79 Å². The molecular formula is C8H7N3O. The lowest BCUT2D eigenvalue weighted by Crippen LogP contribution is -1.91. The molecule has 2 heterocycles. The molecule has 0 aliphatic heterocycles. The quantitative estimate of drug-likeness (QED) is 0.582. The molecular weight excluding hydrogens is 154 g/mol. The monoisotopic (exact) mass is 161 g/mol. The maximum Gasteiger partial charge on any atom is 0.163 e. The van der Waals surface area contributed by atoms with Crippen LogP contribution in [0.25, 0.3) is 5.65 Å². The first kappa shape index (κ1) is 6.97. The average Bonchev–Trinajstić information content (AvgIpc) is 2.52. The molecule has 0 bridgehead atoms. The number of nitrogens with zero attached hydrogens (tertiary/aromatic N) is 3. The third kappa shape index (κ3) is 0.887. The van der Waals surface area contributed by atoms with Gasteiger partial charge < -0.3 is 0 Å². The van der Waals surface area contributed by atoms with E-state index >= 15 is 0 Å². The van der Waals surface area contributed by atoms with E-state index < -0.39 is 0 Å². The predicted octanol–water partition coefficient (Wildman–Crippen LogP) is 0.850. The van der Waals surface area contributed by atoms with E-state index in [1.165, 1.54) is 0 Å². The van der Waals surface area contributed by atoms with Gasteiger partial charge in [0.05, 0.1) is 0 Å². The Morgan fingerprint density at radius 3 is 3.17 bits per heavy atom. The zero-order chi connectivity index (χ0) is 8.55. The molecule has 0 spiro atoms. The molecule has 0 unspecified atom stereocenters. The van der Waals surface area contributed by atoms with Gasteiger partial charge in [0.15, 0.2) is 11.9 Å². The number of aromatic nitrogens is 3. The molecule has 2 rings (SSSR count). The molecule has 0 N–H and O–H groups in total. The number of hydrogen-bond acceptors (Lipinski definition) is 3. The SMILES string of the molecule is Cc1cc(C=O)cn2cnnc12. The van der Waals surface area contributed by atoms with Crippen LogP contribution in [-0.4, -0.2) is 20.9 Å². The van der Waals surface area contributed by atoms with Crippen LogP contribution in [0, 0.1) is 6.92 Å². The van der Waals surface area contributed by atoms with Crippen LogP contribution in [0.1, 0.15) is 15.9 Å². The van der Waals surface area contributed by atoms with Crippen LogP contribution >= 0.6 is 0 Å². The molecule has 4 nitrogen and oxygen atoms in total. The third-order valence-electron chi connectivity index (χ3n) is 1.73. The van der Waals surface area contributed by atoms with E-state index in [1.54, 1.807) is 23.0 Å². The van der Waals surface area contributed by atoms with Crippen molar-refractivity contribution >= 4 is 11.9 Å². The maximum absolute atomic E-state index is 10.5. The smallest absolute Gasteiger partial charge is 0.163 e. The molecule has 0 radical (unpaired) electrons. The zero-order valence-electron chi connectivity index (χ0n) is 6.56. The number of aldehydes is 1. The highest BCUT2D eigenvalue weighted by molar-refractivity contribution is 5.75. The van der Waals surface area contributed by atoms with Crippen molar-refractivity contribution in [2.24, 2.45) is 0 Å². The summed E-state index contributed by atoms with van der Waals surface area (Å²) in [6, 6.07) is 1.79. The fourth-order valence-electron chi connectivity index (χ4n) is 1.20. The van der Waals surface area contributed by atoms with Gasteiger partial charge in [-0.3, -0.25) is 9.20 Å². The highest BCUT2D eigenvalue weighted by Gasteiger charge is 2.00. The normalized spacial score (nSPS) is 10.4. The maximum atomic E-state index is 10.5. The van der Waals surface area contributed by atoms with E-state index in [1.807, 2.05) is 6.92 Å². The lowest BCUT2D eigenvalue weighted by atomic mass is 10.2. The molecule has 2 aromatic heterocycles. The summed E-state index contributed by atoms with van der Waals surface area (Å²) in [5, 5.41) is 7.63. The number of fused-ring (bicyclic) bond motifs is 1. The fraction of sp³-hybridized carbons (Fsp3) is 0.125. The minimum atomic E-state index is 0.639. The van der Waals surface area contributed by atoms with E-state index in [-0.39, 0.29) is 0 Å². The highest BCUT2D eigenvalue weighted by Crippen LogP contribution is 2.07. The molecule has 12 heavy (non-hydrogen) atoms. The second kappa shape index (κ2) is 2.41. The van der Waals surface area contributed by atoms with Crippen molar-refractivity contribution in [3.8, 4) is 0 Å². The number of hydrogen-bond donors (Lipinski definition) is 0. The molecule has 4 heteroatoms. The average molecular weight is 161 g/mol. The summed E-state index contributed by atoms with van der Waals surface area (Å²) in [4.78, 5) is 10.5. The third-order valence-corrected chi connectivity index (χ3v) is 1.73. The first-order chi connectivity index (χ1) is 5.81. The van der Waals surface area contributed by atoms with Crippen molar-refractivity contribution in [2.75, 3.05) is 0 Å². The Bertz CT molecular complexity index is 433. The molecule has 60 valence electrons. The topological polar surface area (TPSA) is 47.3 Å². The first-order valence-corrected chi connectivity index (χ1v) is 3.56. The van der Waals surface area contributed by atoms with Gasteiger partial charge in [0.25, 0.3) is 0 Å². The van der Waals surface area contributed by atoms with E-state index in [2.05, 4.69) is 10.2 Å². The predicted molar refractivity (Wildman–Crippen MR) is 43.1 cm³/mol. The molecule has 2 aromatic rings. The van der Waals surface area contributed by atoms with Gasteiger partial charge in [-0.25, -0.2) is 0 Å². The van der Waals surface area contributed by atoms with Crippen molar-refractivity contribution in [3.63, 3.8) is 0 Å². The molecule has 0 atom stereocenters. The molecule has 0 aliphatic carbocycles. The van der Waals surface area contributed by atoms with E-state index in [4.69, 9.17) is 0 Å². The molecule has 0 saturated heterocycles. The second-order valence-corrected chi connectivity index (χ2v) is 2.64. The van der Waals surface area contributed by atoms with Gasteiger partial charge in [0.1, 0.15) is 6.33 Å². The van der Waals surface area contributed by atoms with Crippen LogP contribution in [0.15, 0.2) is 18.6 Å². The highest BCUT2D eigenvalue weighted by atomic mass is 16.1. The Morgan fingerprint density at radius 2 is 2.42 bits per heavy atom. The van der Waals surface area contributed by atoms with Crippen molar-refractivity contribution in [1.82, 2.24) is 14.6 Å². The molecule has 0 fully saturated rings. The Balaban J connectivity index is 2.83. The molecule has 0 amide bonds. The number of rotatable bonds is 1. The molecule has 0 aromatic carbocycles. The number of carbonyl (C=O) groups is 1. The van der Waals surface area contributed by atoms with Gasteiger partial charge >= 0.3 is 0 Å². The summed E-state index contributed by atoms with van der Waals surface area (Å²) >= 11 is 0. The van der Waals surface area contributed by atoms with Gasteiger partial charge in [-0.2, -0.15) is 0 Å². The van der Waals surface area contributed by atoms with Gasteiger partial charge in [0.2, 0.25) is 0 Å². The summed E-state index contributed by atoms with van der Waals surface area (Å²) < 4.78 is 1.74. The fourth-order valence-corrected chi connectivity index (χ4v) is 1.20. The van der Waals surface area contributed by atoms with Gasteiger partial charge in [-0.15, -0.1) is 10.2 Å².